The van der Waals surface area contributed by atoms with Crippen LogP contribution in [0.5, 0.6) is 0 Å². The Labute approximate surface area is 192 Å². The lowest BCUT2D eigenvalue weighted by Gasteiger charge is -2.29. The van der Waals surface area contributed by atoms with Crippen molar-refractivity contribution in [2.45, 2.75) is 12.6 Å². The molecule has 1 unspecified atom stereocenters. The monoisotopic (exact) mass is 441 g/mol. The van der Waals surface area contributed by atoms with Gasteiger partial charge in [0.1, 0.15) is 6.04 Å². The second-order valence-electron chi connectivity index (χ2n) is 7.12. The summed E-state index contributed by atoms with van der Waals surface area (Å²) >= 11 is 0. The molecule has 0 aliphatic heterocycles. The molecule has 3 N–H and O–H groups in total. The van der Waals surface area contributed by atoms with E-state index >= 15 is 0 Å². The van der Waals surface area contributed by atoms with E-state index < -0.39 is 30.6 Å². The van der Waals surface area contributed by atoms with Crippen molar-refractivity contribution < 1.29 is 19.1 Å². The van der Waals surface area contributed by atoms with Gasteiger partial charge in [-0.3, -0.25) is 14.5 Å². The van der Waals surface area contributed by atoms with Crippen LogP contribution in [0.1, 0.15) is 27.5 Å². The Bertz CT molecular complexity index is 1160. The maximum atomic E-state index is 13.2. The van der Waals surface area contributed by atoms with Gasteiger partial charge in [0, 0.05) is 12.2 Å². The van der Waals surface area contributed by atoms with E-state index in [9.17, 15) is 14.4 Å². The number of anilines is 1. The highest BCUT2D eigenvalue weighted by Crippen LogP contribution is 2.24. The molecule has 0 heterocycles. The number of esters is 1. The Kier molecular flexibility index (Phi) is 7.81. The summed E-state index contributed by atoms with van der Waals surface area (Å²) in [7, 11) is 0. The summed E-state index contributed by atoms with van der Waals surface area (Å²) in [4.78, 5) is 39.3. The van der Waals surface area contributed by atoms with Gasteiger partial charge >= 0.3 is 11.9 Å². The molecule has 0 saturated carbocycles. The minimum Gasteiger partial charge on any atom is -0.441 e. The number of amides is 2. The minimum atomic E-state index is -1.16. The highest BCUT2D eigenvalue weighted by Gasteiger charge is 2.32. The summed E-state index contributed by atoms with van der Waals surface area (Å²) in [5, 5.41) is 2.81. The van der Waals surface area contributed by atoms with Gasteiger partial charge in [0.2, 0.25) is 5.91 Å². The van der Waals surface area contributed by atoms with Crippen LogP contribution in [0, 0.1) is 12.3 Å². The zero-order chi connectivity index (χ0) is 23.6. The summed E-state index contributed by atoms with van der Waals surface area (Å²) in [5.74, 6) is 0.0513. The normalized spacial score (nSPS) is 11.0. The molecule has 3 aromatic carbocycles. The number of ether oxygens (including phenoxy) is 1. The van der Waals surface area contributed by atoms with Gasteiger partial charge in [-0.15, -0.1) is 6.42 Å². The Morgan fingerprint density at radius 3 is 2.27 bits per heavy atom. The number of carbonyl (C=O) groups excluding carboxylic acids is 3. The van der Waals surface area contributed by atoms with E-state index in [4.69, 9.17) is 16.9 Å². The van der Waals surface area contributed by atoms with Crippen LogP contribution in [0.4, 0.5) is 5.69 Å². The lowest BCUT2D eigenvalue weighted by molar-refractivity contribution is -0.141. The first-order valence-corrected chi connectivity index (χ1v) is 10.2. The predicted octanol–water partition coefficient (Wildman–Crippen LogP) is 2.90. The summed E-state index contributed by atoms with van der Waals surface area (Å²) in [6.07, 6.45) is 5.36. The van der Waals surface area contributed by atoms with Crippen LogP contribution in [0.15, 0.2) is 84.9 Å². The third-order valence-electron chi connectivity index (χ3n) is 4.82. The number of hydrogen-bond donors (Lipinski definition) is 2. The van der Waals surface area contributed by atoms with Crippen molar-refractivity contribution in [3.05, 3.63) is 102 Å². The van der Waals surface area contributed by atoms with E-state index in [1.807, 2.05) is 36.3 Å². The SMILES string of the molecule is C#CC(=O)N(COC(=O)c1ccccc1)C(C(=O)NCc1ccccc1)c1cccc(N)c1. The van der Waals surface area contributed by atoms with Crippen LogP contribution < -0.4 is 11.1 Å². The average molecular weight is 441 g/mol. The molecule has 0 saturated heterocycles. The van der Waals surface area contributed by atoms with Gasteiger partial charge in [-0.05, 0) is 41.3 Å². The van der Waals surface area contributed by atoms with Crippen molar-refractivity contribution in [2.24, 2.45) is 0 Å². The van der Waals surface area contributed by atoms with Gasteiger partial charge in [-0.2, -0.15) is 0 Å². The van der Waals surface area contributed by atoms with Crippen molar-refractivity contribution in [3.63, 3.8) is 0 Å². The van der Waals surface area contributed by atoms with Crippen LogP contribution in [-0.2, 0) is 20.9 Å². The number of nitrogens with two attached hydrogens (primary N) is 1. The lowest BCUT2D eigenvalue weighted by Crippen LogP contribution is -2.44. The molecule has 2 amide bonds. The number of nitrogens with zero attached hydrogens (tertiary/aromatic N) is 1. The fourth-order valence-corrected chi connectivity index (χ4v) is 3.20. The molecule has 0 fully saturated rings. The summed E-state index contributed by atoms with van der Waals surface area (Å²) in [5.41, 5.74) is 7.93. The number of terminal acetylenes is 1. The van der Waals surface area contributed by atoms with Gasteiger partial charge < -0.3 is 15.8 Å². The number of nitrogen functional groups attached to an aromatic ring is 1. The molecule has 0 aliphatic carbocycles. The standard InChI is InChI=1S/C26H23N3O4/c1-2-23(30)29(18-33-26(32)20-12-7-4-8-13-20)24(21-14-9-15-22(27)16-21)25(31)28-17-19-10-5-3-6-11-19/h1,3-16,24H,17-18,27H2,(H,28,31). The predicted molar refractivity (Wildman–Crippen MR) is 124 cm³/mol. The van der Waals surface area contributed by atoms with E-state index in [1.165, 1.54) is 0 Å². The maximum Gasteiger partial charge on any atom is 0.339 e. The summed E-state index contributed by atoms with van der Waals surface area (Å²) < 4.78 is 5.32. The third kappa shape index (κ3) is 6.21. The molecule has 3 aromatic rings. The Hall–Kier alpha value is -4.57. The van der Waals surface area contributed by atoms with Crippen LogP contribution in [0.25, 0.3) is 0 Å². The largest absolute Gasteiger partial charge is 0.441 e. The first-order valence-electron chi connectivity index (χ1n) is 10.2. The Balaban J connectivity index is 1.87. The molecule has 166 valence electrons. The second-order valence-corrected chi connectivity index (χ2v) is 7.12. The minimum absolute atomic E-state index is 0.236. The molecule has 3 rings (SSSR count). The van der Waals surface area contributed by atoms with E-state index in [2.05, 4.69) is 5.32 Å². The summed E-state index contributed by atoms with van der Waals surface area (Å²) in [6.45, 7) is -0.282. The molecule has 0 bridgehead atoms. The van der Waals surface area contributed by atoms with Crippen molar-refractivity contribution in [2.75, 3.05) is 12.5 Å². The molecule has 0 spiro atoms. The fraction of sp³-hybridized carbons (Fsp3) is 0.115. The number of nitrogens with one attached hydrogen (secondary N) is 1. The average Bonchev–Trinajstić information content (AvgIpc) is 2.85. The molecule has 0 radical (unpaired) electrons. The molecular weight excluding hydrogens is 418 g/mol. The second kappa shape index (κ2) is 11.2. The highest BCUT2D eigenvalue weighted by atomic mass is 16.5. The van der Waals surface area contributed by atoms with E-state index in [1.54, 1.807) is 54.6 Å². The van der Waals surface area contributed by atoms with E-state index in [0.29, 0.717) is 16.8 Å². The number of benzene rings is 3. The smallest absolute Gasteiger partial charge is 0.339 e. The molecule has 1 atom stereocenters. The number of hydrogen-bond acceptors (Lipinski definition) is 5. The molecule has 7 heteroatoms. The first kappa shape index (κ1) is 23.1. The zero-order valence-electron chi connectivity index (χ0n) is 17.8. The van der Waals surface area contributed by atoms with Gasteiger partial charge in [-0.25, -0.2) is 4.79 Å². The van der Waals surface area contributed by atoms with E-state index in [-0.39, 0.29) is 6.54 Å². The van der Waals surface area contributed by atoms with E-state index in [0.717, 1.165) is 10.5 Å². The van der Waals surface area contributed by atoms with Crippen LogP contribution in [0.2, 0.25) is 0 Å². The van der Waals surface area contributed by atoms with Gasteiger partial charge in [0.25, 0.3) is 0 Å². The zero-order valence-corrected chi connectivity index (χ0v) is 17.8. The topological polar surface area (TPSA) is 102 Å². The summed E-state index contributed by atoms with van der Waals surface area (Å²) in [6, 6.07) is 23.0. The number of carbonyl (C=O) groups is 3. The molecule has 0 aromatic heterocycles. The first-order chi connectivity index (χ1) is 16.0. The highest BCUT2D eigenvalue weighted by molar-refractivity contribution is 5.97. The lowest BCUT2D eigenvalue weighted by atomic mass is 10.0. The fourth-order valence-electron chi connectivity index (χ4n) is 3.20. The van der Waals surface area contributed by atoms with Crippen molar-refractivity contribution in [1.29, 1.82) is 0 Å². The van der Waals surface area contributed by atoms with Gasteiger partial charge in [0.15, 0.2) is 6.73 Å². The van der Waals surface area contributed by atoms with Crippen LogP contribution in [0.3, 0.4) is 0 Å². The molecular formula is C26H23N3O4. The van der Waals surface area contributed by atoms with Gasteiger partial charge in [-0.1, -0.05) is 60.7 Å². The van der Waals surface area contributed by atoms with Gasteiger partial charge in [0.05, 0.1) is 5.56 Å². The van der Waals surface area contributed by atoms with Crippen molar-refractivity contribution in [3.8, 4) is 12.3 Å². The number of rotatable bonds is 8. The van der Waals surface area contributed by atoms with Crippen molar-refractivity contribution in [1.82, 2.24) is 10.2 Å². The molecule has 7 nitrogen and oxygen atoms in total. The van der Waals surface area contributed by atoms with Crippen molar-refractivity contribution >= 4 is 23.5 Å². The quantitative estimate of drug-likeness (QED) is 0.242. The Morgan fingerprint density at radius 2 is 1.64 bits per heavy atom. The van der Waals surface area contributed by atoms with Crippen LogP contribution >= 0.6 is 0 Å². The maximum absolute atomic E-state index is 13.2. The third-order valence-corrected chi connectivity index (χ3v) is 4.82. The molecule has 0 aliphatic rings. The Morgan fingerprint density at radius 1 is 0.970 bits per heavy atom. The molecule has 33 heavy (non-hydrogen) atoms. The van der Waals surface area contributed by atoms with Crippen LogP contribution in [-0.4, -0.2) is 29.4 Å².